The Kier molecular flexibility index (Phi) is 9.64. The largest absolute Gasteiger partial charge is 0.453 e. The van der Waals surface area contributed by atoms with Crippen molar-refractivity contribution in [2.75, 3.05) is 20.2 Å². The fourth-order valence-electron chi connectivity index (χ4n) is 8.56. The average Bonchev–Trinajstić information content (AvgIpc) is 4.00. The first-order valence-corrected chi connectivity index (χ1v) is 20.1. The van der Waals surface area contributed by atoms with E-state index in [2.05, 4.69) is 50.9 Å². The van der Waals surface area contributed by atoms with Gasteiger partial charge in [0.2, 0.25) is 17.7 Å². The standard InChI is InChI=1S/C41H48N8O5S/c1-20(2)32(42-22(5)50)39(51)48-15-8-10-30(48)38-44-28-18-25-19-31(55-36(25)35(28)46-38)24-11-13-26-23(17-24)12-14-27-34(26)45-37(43-27)29-9-7-16-49(29)40(52)33(21(3)4)47-41(53)54-6/h11-14,17,19-21,29-30,32-33H,7-10,15-16,18H2,1-6H3,(H,42,50)(H,43,45)(H,44,46)(H,47,53)/t29-,30-,32-,33-/m0/s1. The summed E-state index contributed by atoms with van der Waals surface area (Å²) in [5, 5.41) is 7.72. The second kappa shape index (κ2) is 14.4. The van der Waals surface area contributed by atoms with Crippen LogP contribution in [0.4, 0.5) is 4.79 Å². The predicted molar refractivity (Wildman–Crippen MR) is 211 cm³/mol. The molecule has 3 aliphatic rings. The molecule has 13 nitrogen and oxygen atoms in total. The van der Waals surface area contributed by atoms with Crippen LogP contribution in [-0.2, 0) is 25.5 Å². The molecule has 4 atom stereocenters. The molecule has 4 amide bonds. The Morgan fingerprint density at radius 3 is 2.15 bits per heavy atom. The van der Waals surface area contributed by atoms with Crippen LogP contribution in [0, 0.1) is 11.8 Å². The van der Waals surface area contributed by atoms with Gasteiger partial charge in [0.25, 0.3) is 0 Å². The molecule has 0 spiro atoms. The van der Waals surface area contributed by atoms with Crippen molar-refractivity contribution in [2.24, 2.45) is 11.8 Å². The van der Waals surface area contributed by atoms with Crippen LogP contribution < -0.4 is 10.6 Å². The van der Waals surface area contributed by atoms with Crippen molar-refractivity contribution >= 4 is 57.0 Å². The lowest BCUT2D eigenvalue weighted by Gasteiger charge is -2.30. The quantitative estimate of drug-likeness (QED) is 0.129. The maximum absolute atomic E-state index is 13.7. The van der Waals surface area contributed by atoms with E-state index in [1.54, 1.807) is 11.3 Å². The van der Waals surface area contributed by atoms with E-state index >= 15 is 0 Å². The third-order valence-electron chi connectivity index (χ3n) is 11.4. The molecule has 55 heavy (non-hydrogen) atoms. The minimum Gasteiger partial charge on any atom is -0.453 e. The monoisotopic (exact) mass is 764 g/mol. The lowest BCUT2D eigenvalue weighted by Crippen LogP contribution is -2.51. The minimum atomic E-state index is -0.689. The van der Waals surface area contributed by atoms with Crippen LogP contribution in [-0.4, -0.2) is 85.8 Å². The minimum absolute atomic E-state index is 0.0218. The number of nitrogens with one attached hydrogen (secondary N) is 4. The molecule has 0 radical (unpaired) electrons. The van der Waals surface area contributed by atoms with Crippen LogP contribution in [0.3, 0.4) is 0 Å². The van der Waals surface area contributed by atoms with Crippen molar-refractivity contribution in [1.82, 2.24) is 40.4 Å². The number of nitrogens with zero attached hydrogens (tertiary/aromatic N) is 4. The van der Waals surface area contributed by atoms with Crippen LogP contribution in [0.15, 0.2) is 36.4 Å². The second-order valence-corrected chi connectivity index (χ2v) is 16.8. The lowest BCUT2D eigenvalue weighted by molar-refractivity contribution is -0.138. The van der Waals surface area contributed by atoms with E-state index in [0.717, 1.165) is 82.5 Å². The number of carbonyl (C=O) groups is 4. The molecular weight excluding hydrogens is 717 g/mol. The first-order chi connectivity index (χ1) is 26.4. The van der Waals surface area contributed by atoms with Gasteiger partial charge < -0.3 is 35.1 Å². The molecule has 1 aliphatic carbocycles. The van der Waals surface area contributed by atoms with Gasteiger partial charge in [-0.15, -0.1) is 11.3 Å². The molecule has 2 aliphatic heterocycles. The fourth-order valence-corrected chi connectivity index (χ4v) is 9.75. The van der Waals surface area contributed by atoms with Crippen molar-refractivity contribution in [3.63, 3.8) is 0 Å². The molecule has 5 aromatic rings. The molecule has 0 bridgehead atoms. The molecule has 4 N–H and O–H groups in total. The third kappa shape index (κ3) is 6.64. The molecule has 8 rings (SSSR count). The Morgan fingerprint density at radius 1 is 0.855 bits per heavy atom. The summed E-state index contributed by atoms with van der Waals surface area (Å²) < 4.78 is 4.79. The maximum atomic E-state index is 13.7. The van der Waals surface area contributed by atoms with Crippen molar-refractivity contribution in [3.05, 3.63) is 59.3 Å². The highest BCUT2D eigenvalue weighted by Crippen LogP contribution is 2.46. The number of likely N-dealkylation sites (tertiary alicyclic amines) is 2. The van der Waals surface area contributed by atoms with E-state index in [0.29, 0.717) is 13.1 Å². The summed E-state index contributed by atoms with van der Waals surface area (Å²) in [5.74, 6) is 1.05. The number of hydrogen-bond donors (Lipinski definition) is 4. The van der Waals surface area contributed by atoms with Gasteiger partial charge in [-0.3, -0.25) is 14.4 Å². The van der Waals surface area contributed by atoms with Crippen molar-refractivity contribution in [2.45, 2.75) is 90.9 Å². The number of thiophene rings is 1. The smallest absolute Gasteiger partial charge is 0.407 e. The van der Waals surface area contributed by atoms with Gasteiger partial charge in [-0.1, -0.05) is 45.9 Å². The van der Waals surface area contributed by atoms with Gasteiger partial charge in [-0.2, -0.15) is 0 Å². The van der Waals surface area contributed by atoms with Crippen molar-refractivity contribution < 1.29 is 23.9 Å². The van der Waals surface area contributed by atoms with Gasteiger partial charge >= 0.3 is 6.09 Å². The normalized spacial score (nSPS) is 19.0. The number of fused-ring (bicyclic) bond motifs is 6. The van der Waals surface area contributed by atoms with Gasteiger partial charge in [0, 0.05) is 36.7 Å². The zero-order valence-electron chi connectivity index (χ0n) is 32.1. The summed E-state index contributed by atoms with van der Waals surface area (Å²) in [5.41, 5.74) is 6.21. The van der Waals surface area contributed by atoms with Gasteiger partial charge in [0.1, 0.15) is 23.7 Å². The number of hydrogen-bond acceptors (Lipinski definition) is 8. The molecule has 2 aromatic carbocycles. The van der Waals surface area contributed by atoms with Crippen molar-refractivity contribution in [3.8, 4) is 21.0 Å². The Balaban J connectivity index is 1.03. The summed E-state index contributed by atoms with van der Waals surface area (Å²) in [7, 11) is 1.30. The molecule has 2 fully saturated rings. The number of alkyl carbamates (subject to hydrolysis) is 1. The SMILES string of the molecule is COC(=O)N[C@H](C(=O)N1CCC[C@H]1c1nc2ccc3cc(-c4cc5c(s4)-c4[nH]c([C@@H]6CCCN6C(=O)[C@@H](NC(C)=O)C(C)C)nc4C5)ccc3c2[nH]1)C(C)C. The van der Waals surface area contributed by atoms with Gasteiger partial charge in [-0.25, -0.2) is 14.8 Å². The first kappa shape index (κ1) is 36.7. The zero-order chi connectivity index (χ0) is 38.7. The highest BCUT2D eigenvalue weighted by Gasteiger charge is 2.40. The topological polar surface area (TPSA) is 165 Å². The number of imidazole rings is 2. The maximum Gasteiger partial charge on any atom is 0.407 e. The molecule has 288 valence electrons. The summed E-state index contributed by atoms with van der Waals surface area (Å²) in [6.07, 6.45) is 3.48. The molecular formula is C41H48N8O5S. The van der Waals surface area contributed by atoms with Crippen LogP contribution >= 0.6 is 11.3 Å². The Bertz CT molecular complexity index is 2320. The number of ether oxygens (including phenoxy) is 1. The molecule has 5 heterocycles. The highest BCUT2D eigenvalue weighted by molar-refractivity contribution is 7.19. The van der Waals surface area contributed by atoms with Crippen LogP contribution in [0.2, 0.25) is 0 Å². The van der Waals surface area contributed by atoms with Crippen LogP contribution in [0.25, 0.3) is 42.8 Å². The van der Waals surface area contributed by atoms with Gasteiger partial charge in [0.15, 0.2) is 0 Å². The number of carbonyl (C=O) groups excluding carboxylic acids is 4. The van der Waals surface area contributed by atoms with Crippen molar-refractivity contribution in [1.29, 1.82) is 0 Å². The lowest BCUT2D eigenvalue weighted by atomic mass is 10.0. The summed E-state index contributed by atoms with van der Waals surface area (Å²) in [4.78, 5) is 74.5. The first-order valence-electron chi connectivity index (χ1n) is 19.3. The van der Waals surface area contributed by atoms with Gasteiger partial charge in [-0.05, 0) is 72.2 Å². The number of rotatable bonds is 9. The van der Waals surface area contributed by atoms with E-state index in [9.17, 15) is 19.2 Å². The average molecular weight is 765 g/mol. The summed E-state index contributed by atoms with van der Waals surface area (Å²) >= 11 is 1.75. The summed E-state index contributed by atoms with van der Waals surface area (Å²) in [6.45, 7) is 10.4. The number of aromatic nitrogens is 4. The molecule has 14 heteroatoms. The number of amides is 4. The van der Waals surface area contributed by atoms with Gasteiger partial charge in [0.05, 0.1) is 46.5 Å². The Hall–Kier alpha value is -5.24. The summed E-state index contributed by atoms with van der Waals surface area (Å²) in [6, 6.07) is 11.3. The number of H-pyrrole nitrogens is 2. The van der Waals surface area contributed by atoms with Crippen LogP contribution in [0.1, 0.15) is 95.3 Å². The Labute approximate surface area is 323 Å². The third-order valence-corrected chi connectivity index (χ3v) is 12.6. The van der Waals surface area contributed by atoms with E-state index < -0.39 is 18.2 Å². The number of benzene rings is 2. The molecule has 0 unspecified atom stereocenters. The van der Waals surface area contributed by atoms with E-state index in [1.165, 1.54) is 29.4 Å². The molecule has 3 aromatic heterocycles. The highest BCUT2D eigenvalue weighted by atomic mass is 32.1. The van der Waals surface area contributed by atoms with E-state index in [4.69, 9.17) is 14.7 Å². The second-order valence-electron chi connectivity index (χ2n) is 15.8. The number of methoxy groups -OCH3 is 1. The fraction of sp³-hybridized carbons (Fsp3) is 0.463. The Morgan fingerprint density at radius 2 is 1.51 bits per heavy atom. The number of aromatic amines is 2. The predicted octanol–water partition coefficient (Wildman–Crippen LogP) is 6.61. The molecule has 2 saturated heterocycles. The zero-order valence-corrected chi connectivity index (χ0v) is 32.9. The van der Waals surface area contributed by atoms with E-state index in [1.807, 2.05) is 43.6 Å². The van der Waals surface area contributed by atoms with Crippen LogP contribution in [0.5, 0.6) is 0 Å². The molecule has 0 saturated carbocycles. The van der Waals surface area contributed by atoms with E-state index in [-0.39, 0.29) is 41.6 Å².